The molecule has 2 N–H and O–H groups in total. The highest BCUT2D eigenvalue weighted by molar-refractivity contribution is 6.36. The van der Waals surface area contributed by atoms with Crippen molar-refractivity contribution in [3.8, 4) is 0 Å². The Kier molecular flexibility index (Phi) is 4.76. The number of amides is 1. The highest BCUT2D eigenvalue weighted by atomic mass is 35.5. The Bertz CT molecular complexity index is 536. The largest absolute Gasteiger partial charge is 0.480 e. The SMILES string of the molecule is CCC(C)(NC(=O)c1cc(F)c(Cl)cc1Cl)C(=O)O. The Morgan fingerprint density at radius 3 is 2.42 bits per heavy atom. The van der Waals surface area contributed by atoms with E-state index in [2.05, 4.69) is 5.32 Å². The van der Waals surface area contributed by atoms with Crippen molar-refractivity contribution < 1.29 is 19.1 Å². The molecule has 1 amide bonds. The van der Waals surface area contributed by atoms with Crippen LogP contribution in [0, 0.1) is 5.82 Å². The van der Waals surface area contributed by atoms with E-state index in [-0.39, 0.29) is 22.0 Å². The molecule has 0 saturated carbocycles. The number of rotatable bonds is 4. The highest BCUT2D eigenvalue weighted by Gasteiger charge is 2.33. The maximum atomic E-state index is 13.3. The molecular weight excluding hydrogens is 296 g/mol. The molecule has 0 spiro atoms. The monoisotopic (exact) mass is 307 g/mol. The lowest BCUT2D eigenvalue weighted by molar-refractivity contribution is -0.143. The van der Waals surface area contributed by atoms with E-state index in [1.165, 1.54) is 6.92 Å². The van der Waals surface area contributed by atoms with Gasteiger partial charge in [-0.3, -0.25) is 4.79 Å². The summed E-state index contributed by atoms with van der Waals surface area (Å²) < 4.78 is 13.3. The van der Waals surface area contributed by atoms with Gasteiger partial charge in [0.1, 0.15) is 11.4 Å². The Balaban J connectivity index is 3.08. The van der Waals surface area contributed by atoms with E-state index < -0.39 is 23.2 Å². The molecule has 0 bridgehead atoms. The smallest absolute Gasteiger partial charge is 0.329 e. The molecule has 0 aromatic heterocycles. The van der Waals surface area contributed by atoms with E-state index in [1.54, 1.807) is 6.92 Å². The minimum absolute atomic E-state index is 0.0484. The summed E-state index contributed by atoms with van der Waals surface area (Å²) in [5.41, 5.74) is -1.61. The topological polar surface area (TPSA) is 66.4 Å². The molecular formula is C12H12Cl2FNO3. The van der Waals surface area contributed by atoms with Gasteiger partial charge in [-0.25, -0.2) is 9.18 Å². The zero-order valence-electron chi connectivity index (χ0n) is 10.3. The van der Waals surface area contributed by atoms with Crippen molar-refractivity contribution in [2.75, 3.05) is 0 Å². The van der Waals surface area contributed by atoms with E-state index in [9.17, 15) is 14.0 Å². The molecule has 0 fully saturated rings. The molecule has 4 nitrogen and oxygen atoms in total. The van der Waals surface area contributed by atoms with Crippen LogP contribution in [0.2, 0.25) is 10.0 Å². The Morgan fingerprint density at radius 2 is 1.95 bits per heavy atom. The number of halogens is 3. The number of hydrogen-bond donors (Lipinski definition) is 2. The maximum Gasteiger partial charge on any atom is 0.329 e. The molecule has 19 heavy (non-hydrogen) atoms. The van der Waals surface area contributed by atoms with Crippen LogP contribution in [0.4, 0.5) is 4.39 Å². The van der Waals surface area contributed by atoms with Gasteiger partial charge in [0.15, 0.2) is 0 Å². The average molecular weight is 308 g/mol. The summed E-state index contributed by atoms with van der Waals surface area (Å²) in [5, 5.41) is 11.1. The van der Waals surface area contributed by atoms with Crippen molar-refractivity contribution in [2.45, 2.75) is 25.8 Å². The lowest BCUT2D eigenvalue weighted by atomic mass is 9.98. The fourth-order valence-electron chi connectivity index (χ4n) is 1.31. The van der Waals surface area contributed by atoms with Crippen LogP contribution in [0.25, 0.3) is 0 Å². The second-order valence-electron chi connectivity index (χ2n) is 4.19. The number of carboxylic acids is 1. The van der Waals surface area contributed by atoms with Gasteiger partial charge < -0.3 is 10.4 Å². The third-order valence-electron chi connectivity index (χ3n) is 2.82. The Hall–Kier alpha value is -1.33. The van der Waals surface area contributed by atoms with Crippen LogP contribution in [-0.2, 0) is 4.79 Å². The van der Waals surface area contributed by atoms with Crippen LogP contribution >= 0.6 is 23.2 Å². The van der Waals surface area contributed by atoms with Crippen molar-refractivity contribution in [3.63, 3.8) is 0 Å². The number of carbonyl (C=O) groups excluding carboxylic acids is 1. The second kappa shape index (κ2) is 5.75. The molecule has 1 aromatic rings. The number of carbonyl (C=O) groups is 2. The predicted molar refractivity (Wildman–Crippen MR) is 70.2 cm³/mol. The molecule has 1 atom stereocenters. The summed E-state index contributed by atoms with van der Waals surface area (Å²) in [6, 6.07) is 1.97. The molecule has 0 aliphatic carbocycles. The molecule has 7 heteroatoms. The average Bonchev–Trinajstić information content (AvgIpc) is 2.33. The first-order valence-corrected chi connectivity index (χ1v) is 6.17. The first kappa shape index (κ1) is 15.7. The standard InChI is InChI=1S/C12H12Cl2FNO3/c1-3-12(2,11(18)19)16-10(17)6-4-9(15)8(14)5-7(6)13/h4-5H,3H2,1-2H3,(H,16,17)(H,18,19). The number of aliphatic carboxylic acids is 1. The van der Waals surface area contributed by atoms with Crippen LogP contribution in [0.15, 0.2) is 12.1 Å². The fraction of sp³-hybridized carbons (Fsp3) is 0.333. The second-order valence-corrected chi connectivity index (χ2v) is 5.01. The minimum atomic E-state index is -1.45. The number of carboxylic acid groups (broad SMARTS) is 1. The minimum Gasteiger partial charge on any atom is -0.480 e. The van der Waals surface area contributed by atoms with Gasteiger partial charge in [0.2, 0.25) is 0 Å². The highest BCUT2D eigenvalue weighted by Crippen LogP contribution is 2.25. The fourth-order valence-corrected chi connectivity index (χ4v) is 1.78. The van der Waals surface area contributed by atoms with Gasteiger partial charge in [-0.15, -0.1) is 0 Å². The summed E-state index contributed by atoms with van der Waals surface area (Å²) in [7, 11) is 0. The van der Waals surface area contributed by atoms with Crippen molar-refractivity contribution in [3.05, 3.63) is 33.6 Å². The van der Waals surface area contributed by atoms with Gasteiger partial charge in [0, 0.05) is 0 Å². The zero-order valence-corrected chi connectivity index (χ0v) is 11.8. The van der Waals surface area contributed by atoms with E-state index in [0.717, 1.165) is 12.1 Å². The quantitative estimate of drug-likeness (QED) is 0.840. The van der Waals surface area contributed by atoms with Crippen LogP contribution in [0.1, 0.15) is 30.6 Å². The summed E-state index contributed by atoms with van der Waals surface area (Å²) in [5.74, 6) is -2.76. The molecule has 1 aromatic carbocycles. The van der Waals surface area contributed by atoms with Gasteiger partial charge in [0.25, 0.3) is 5.91 Å². The summed E-state index contributed by atoms with van der Waals surface area (Å²) in [6.07, 6.45) is 0.168. The molecule has 0 radical (unpaired) electrons. The summed E-state index contributed by atoms with van der Waals surface area (Å²) in [6.45, 7) is 2.96. The van der Waals surface area contributed by atoms with Crippen molar-refractivity contribution in [1.82, 2.24) is 5.32 Å². The van der Waals surface area contributed by atoms with E-state index in [1.807, 2.05) is 0 Å². The van der Waals surface area contributed by atoms with Crippen molar-refractivity contribution in [2.24, 2.45) is 0 Å². The van der Waals surface area contributed by atoms with Gasteiger partial charge in [-0.1, -0.05) is 30.1 Å². The van der Waals surface area contributed by atoms with E-state index in [0.29, 0.717) is 0 Å². The van der Waals surface area contributed by atoms with Crippen molar-refractivity contribution in [1.29, 1.82) is 0 Å². The normalized spacial score (nSPS) is 13.7. The van der Waals surface area contributed by atoms with E-state index >= 15 is 0 Å². The molecule has 1 unspecified atom stereocenters. The first-order chi connectivity index (χ1) is 8.71. The number of hydrogen-bond acceptors (Lipinski definition) is 2. The predicted octanol–water partition coefficient (Wildman–Crippen LogP) is 3.12. The molecule has 1 rings (SSSR count). The molecule has 0 heterocycles. The lowest BCUT2D eigenvalue weighted by Gasteiger charge is -2.24. The van der Waals surface area contributed by atoms with Crippen LogP contribution in [-0.4, -0.2) is 22.5 Å². The number of benzene rings is 1. The maximum absolute atomic E-state index is 13.3. The summed E-state index contributed by atoms with van der Waals surface area (Å²) >= 11 is 11.3. The molecule has 0 saturated heterocycles. The first-order valence-electron chi connectivity index (χ1n) is 5.41. The third-order valence-corrected chi connectivity index (χ3v) is 3.43. The van der Waals surface area contributed by atoms with Gasteiger partial charge in [0.05, 0.1) is 15.6 Å². The zero-order chi connectivity index (χ0) is 14.8. The van der Waals surface area contributed by atoms with Gasteiger partial charge in [-0.2, -0.15) is 0 Å². The van der Waals surface area contributed by atoms with Gasteiger partial charge in [-0.05, 0) is 25.5 Å². The summed E-state index contributed by atoms with van der Waals surface area (Å²) in [4.78, 5) is 23.0. The molecule has 104 valence electrons. The lowest BCUT2D eigenvalue weighted by Crippen LogP contribution is -2.51. The van der Waals surface area contributed by atoms with Crippen LogP contribution in [0.3, 0.4) is 0 Å². The van der Waals surface area contributed by atoms with E-state index in [4.69, 9.17) is 28.3 Å². The molecule has 0 aliphatic heterocycles. The Morgan fingerprint density at radius 1 is 1.37 bits per heavy atom. The Labute approximate surface area is 119 Å². The molecule has 0 aliphatic rings. The number of nitrogens with one attached hydrogen (secondary N) is 1. The van der Waals surface area contributed by atoms with Crippen molar-refractivity contribution >= 4 is 35.1 Å². The van der Waals surface area contributed by atoms with Crippen LogP contribution < -0.4 is 5.32 Å². The third kappa shape index (κ3) is 3.36. The van der Waals surface area contributed by atoms with Crippen LogP contribution in [0.5, 0.6) is 0 Å². The van der Waals surface area contributed by atoms with Gasteiger partial charge >= 0.3 is 5.97 Å².